The zero-order chi connectivity index (χ0) is 15.1. The van der Waals surface area contributed by atoms with Gasteiger partial charge in [-0.05, 0) is 38.0 Å². The molecule has 20 heavy (non-hydrogen) atoms. The van der Waals surface area contributed by atoms with Crippen molar-refractivity contribution in [2.24, 2.45) is 5.73 Å². The first-order valence-electron chi connectivity index (χ1n) is 7.27. The van der Waals surface area contributed by atoms with Crippen molar-refractivity contribution in [3.8, 4) is 0 Å². The normalized spacial score (nSPS) is 14.8. The molecule has 2 unspecified atom stereocenters. The number of nitrogens with two attached hydrogens (primary N) is 1. The summed E-state index contributed by atoms with van der Waals surface area (Å²) in [6.07, 6.45) is 0.955. The van der Waals surface area contributed by atoms with Gasteiger partial charge in [0.2, 0.25) is 0 Å². The van der Waals surface area contributed by atoms with Crippen LogP contribution in [0.15, 0.2) is 28.7 Å². The second-order valence-corrected chi connectivity index (χ2v) is 6.31. The van der Waals surface area contributed by atoms with E-state index in [0.717, 1.165) is 24.0 Å². The average molecular weight is 343 g/mol. The molecule has 0 amide bonds. The molecule has 0 aromatic heterocycles. The van der Waals surface area contributed by atoms with Crippen LogP contribution >= 0.6 is 15.9 Å². The Kier molecular flexibility index (Phi) is 7.74. The maximum Gasteiger partial charge on any atom is 0.0590 e. The van der Waals surface area contributed by atoms with Gasteiger partial charge in [-0.3, -0.25) is 4.90 Å². The van der Waals surface area contributed by atoms with Gasteiger partial charge >= 0.3 is 0 Å². The molecule has 1 aromatic carbocycles. The summed E-state index contributed by atoms with van der Waals surface area (Å²) in [6, 6.07) is 9.26. The van der Waals surface area contributed by atoms with E-state index in [-0.39, 0.29) is 12.1 Å². The van der Waals surface area contributed by atoms with Gasteiger partial charge in [0.1, 0.15) is 0 Å². The number of nitrogens with zero attached hydrogens (tertiary/aromatic N) is 1. The van der Waals surface area contributed by atoms with Gasteiger partial charge in [0.15, 0.2) is 0 Å². The Morgan fingerprint density at radius 3 is 2.30 bits per heavy atom. The van der Waals surface area contributed by atoms with E-state index in [9.17, 15) is 0 Å². The summed E-state index contributed by atoms with van der Waals surface area (Å²) in [4.78, 5) is 2.43. The molecule has 0 aliphatic rings. The van der Waals surface area contributed by atoms with E-state index >= 15 is 0 Å². The van der Waals surface area contributed by atoms with Gasteiger partial charge in [0, 0.05) is 30.2 Å². The molecule has 0 bridgehead atoms. The predicted octanol–water partition coefficient (Wildman–Crippen LogP) is 3.58. The van der Waals surface area contributed by atoms with Crippen molar-refractivity contribution in [1.82, 2.24) is 4.90 Å². The first kappa shape index (κ1) is 17.6. The first-order chi connectivity index (χ1) is 9.51. The number of hydrogen-bond acceptors (Lipinski definition) is 3. The fourth-order valence-corrected chi connectivity index (χ4v) is 2.75. The molecular formula is C16H27BrN2O. The fraction of sp³-hybridized carbons (Fsp3) is 0.625. The third kappa shape index (κ3) is 4.85. The van der Waals surface area contributed by atoms with Gasteiger partial charge < -0.3 is 10.5 Å². The Morgan fingerprint density at radius 2 is 1.85 bits per heavy atom. The average Bonchev–Trinajstić information content (AvgIpc) is 2.43. The van der Waals surface area contributed by atoms with E-state index in [0.29, 0.717) is 6.04 Å². The summed E-state index contributed by atoms with van der Waals surface area (Å²) >= 11 is 3.49. The highest BCUT2D eigenvalue weighted by Gasteiger charge is 2.27. The lowest BCUT2D eigenvalue weighted by Gasteiger charge is -2.38. The second-order valence-electron chi connectivity index (χ2n) is 5.39. The molecule has 4 heteroatoms. The molecule has 0 saturated heterocycles. The van der Waals surface area contributed by atoms with E-state index in [4.69, 9.17) is 10.5 Å². The lowest BCUT2D eigenvalue weighted by molar-refractivity contribution is 0.0831. The molecule has 1 aromatic rings. The number of rotatable bonds is 8. The summed E-state index contributed by atoms with van der Waals surface area (Å²) in [5, 5.41) is 0. The SMILES string of the molecule is CCC(N)C(c1ccc(Br)cc1)N(CCOC)C(C)C. The summed E-state index contributed by atoms with van der Waals surface area (Å²) < 4.78 is 6.35. The van der Waals surface area contributed by atoms with Crippen molar-refractivity contribution < 1.29 is 4.74 Å². The van der Waals surface area contributed by atoms with Crippen LogP contribution in [0.5, 0.6) is 0 Å². The van der Waals surface area contributed by atoms with Gasteiger partial charge in [-0.15, -0.1) is 0 Å². The largest absolute Gasteiger partial charge is 0.383 e. The van der Waals surface area contributed by atoms with Crippen LogP contribution in [0.1, 0.15) is 38.8 Å². The highest BCUT2D eigenvalue weighted by molar-refractivity contribution is 9.10. The number of ether oxygens (including phenoxy) is 1. The van der Waals surface area contributed by atoms with Gasteiger partial charge in [-0.25, -0.2) is 0 Å². The molecule has 0 saturated carbocycles. The fourth-order valence-electron chi connectivity index (χ4n) is 2.48. The number of halogens is 1. The van der Waals surface area contributed by atoms with Crippen LogP contribution in [-0.2, 0) is 4.74 Å². The maximum atomic E-state index is 6.40. The minimum atomic E-state index is 0.121. The minimum absolute atomic E-state index is 0.121. The maximum absolute atomic E-state index is 6.40. The quantitative estimate of drug-likeness (QED) is 0.784. The third-order valence-electron chi connectivity index (χ3n) is 3.66. The monoisotopic (exact) mass is 342 g/mol. The molecule has 0 spiro atoms. The number of benzene rings is 1. The molecule has 0 aliphatic heterocycles. The Hall–Kier alpha value is -0.420. The molecule has 0 radical (unpaired) electrons. The van der Waals surface area contributed by atoms with Gasteiger partial charge in [-0.2, -0.15) is 0 Å². The number of methoxy groups -OCH3 is 1. The topological polar surface area (TPSA) is 38.5 Å². The summed E-state index contributed by atoms with van der Waals surface area (Å²) in [5.74, 6) is 0. The van der Waals surface area contributed by atoms with E-state index in [2.05, 4.69) is 65.9 Å². The third-order valence-corrected chi connectivity index (χ3v) is 4.19. The highest BCUT2D eigenvalue weighted by atomic mass is 79.9. The van der Waals surface area contributed by atoms with E-state index in [1.54, 1.807) is 7.11 Å². The lowest BCUT2D eigenvalue weighted by Crippen LogP contribution is -2.45. The van der Waals surface area contributed by atoms with Crippen molar-refractivity contribution in [2.45, 2.75) is 45.3 Å². The first-order valence-corrected chi connectivity index (χ1v) is 8.06. The Morgan fingerprint density at radius 1 is 1.25 bits per heavy atom. The second kappa shape index (κ2) is 8.78. The van der Waals surface area contributed by atoms with Crippen LogP contribution in [0.4, 0.5) is 0 Å². The summed E-state index contributed by atoms with van der Waals surface area (Å²) in [6.45, 7) is 8.18. The molecular weight excluding hydrogens is 316 g/mol. The molecule has 0 fully saturated rings. The molecule has 114 valence electrons. The van der Waals surface area contributed by atoms with Crippen LogP contribution in [0, 0.1) is 0 Å². The van der Waals surface area contributed by atoms with Crippen molar-refractivity contribution in [3.63, 3.8) is 0 Å². The van der Waals surface area contributed by atoms with Gasteiger partial charge in [-0.1, -0.05) is 35.0 Å². The smallest absolute Gasteiger partial charge is 0.0590 e. The molecule has 0 aliphatic carbocycles. The van der Waals surface area contributed by atoms with Gasteiger partial charge in [0.25, 0.3) is 0 Å². The molecule has 3 nitrogen and oxygen atoms in total. The van der Waals surface area contributed by atoms with E-state index in [1.807, 2.05) is 0 Å². The van der Waals surface area contributed by atoms with Crippen molar-refractivity contribution in [3.05, 3.63) is 34.3 Å². The van der Waals surface area contributed by atoms with E-state index in [1.165, 1.54) is 5.56 Å². The van der Waals surface area contributed by atoms with Crippen LogP contribution in [-0.4, -0.2) is 37.2 Å². The van der Waals surface area contributed by atoms with Crippen molar-refractivity contribution in [2.75, 3.05) is 20.3 Å². The van der Waals surface area contributed by atoms with Crippen LogP contribution < -0.4 is 5.73 Å². The van der Waals surface area contributed by atoms with E-state index < -0.39 is 0 Å². The van der Waals surface area contributed by atoms with Crippen LogP contribution in [0.3, 0.4) is 0 Å². The minimum Gasteiger partial charge on any atom is -0.383 e. The predicted molar refractivity (Wildman–Crippen MR) is 88.9 cm³/mol. The Bertz CT molecular complexity index is 381. The lowest BCUT2D eigenvalue weighted by atomic mass is 9.95. The Balaban J connectivity index is 3.05. The van der Waals surface area contributed by atoms with Crippen LogP contribution in [0.25, 0.3) is 0 Å². The summed E-state index contributed by atoms with van der Waals surface area (Å²) in [5.41, 5.74) is 7.67. The zero-order valence-corrected chi connectivity index (χ0v) is 14.6. The molecule has 0 heterocycles. The van der Waals surface area contributed by atoms with Gasteiger partial charge in [0.05, 0.1) is 12.6 Å². The number of hydrogen-bond donors (Lipinski definition) is 1. The van der Waals surface area contributed by atoms with Crippen LogP contribution in [0.2, 0.25) is 0 Å². The summed E-state index contributed by atoms with van der Waals surface area (Å²) in [7, 11) is 1.74. The van der Waals surface area contributed by atoms with Crippen molar-refractivity contribution in [1.29, 1.82) is 0 Å². The molecule has 1 rings (SSSR count). The van der Waals surface area contributed by atoms with Crippen molar-refractivity contribution >= 4 is 15.9 Å². The Labute approximate surface area is 131 Å². The highest BCUT2D eigenvalue weighted by Crippen LogP contribution is 2.28. The zero-order valence-electron chi connectivity index (χ0n) is 13.0. The standard InChI is InChI=1S/C16H27BrN2O/c1-5-15(18)16(13-6-8-14(17)9-7-13)19(12(2)3)10-11-20-4/h6-9,12,15-16H,5,10-11,18H2,1-4H3. The molecule has 2 atom stereocenters. The molecule has 2 N–H and O–H groups in total.